The van der Waals surface area contributed by atoms with E-state index in [1.54, 1.807) is 12.1 Å². The predicted molar refractivity (Wildman–Crippen MR) is 138 cm³/mol. The number of benzene rings is 2. The number of nitrogens with one attached hydrogen (secondary N) is 2. The highest BCUT2D eigenvalue weighted by Gasteiger charge is 2.47. The second-order valence-electron chi connectivity index (χ2n) is 9.45. The van der Waals surface area contributed by atoms with E-state index >= 15 is 0 Å². The molecule has 0 bridgehead atoms. The SMILES string of the molecule is Cc1cc(NCC(N)=O)ccc1CCS(=O)(=O)N1CCC2(CC1)N=C(c1cccc(OC(F)(F)F)c1)NC2=O. The Bertz CT molecular complexity index is 1400. The number of hydrogen-bond acceptors (Lipinski definition) is 7. The number of amidine groups is 1. The van der Waals surface area contributed by atoms with E-state index in [9.17, 15) is 31.2 Å². The monoisotopic (exact) mass is 567 g/mol. The van der Waals surface area contributed by atoms with Gasteiger partial charge in [-0.25, -0.2) is 12.7 Å². The number of nitrogens with two attached hydrogens (primary N) is 1. The number of alkyl halides is 3. The third-order valence-corrected chi connectivity index (χ3v) is 8.58. The highest BCUT2D eigenvalue weighted by Crippen LogP contribution is 2.33. The molecule has 1 saturated heterocycles. The fraction of sp³-hybridized carbons (Fsp3) is 0.400. The maximum absolute atomic E-state index is 13.1. The number of aryl methyl sites for hydroxylation is 2. The summed E-state index contributed by atoms with van der Waals surface area (Å²) in [4.78, 5) is 28.3. The number of carbonyl (C=O) groups is 2. The van der Waals surface area contributed by atoms with Crippen LogP contribution in [-0.4, -0.2) is 67.7 Å². The summed E-state index contributed by atoms with van der Waals surface area (Å²) in [7, 11) is -3.63. The Morgan fingerprint density at radius 3 is 2.56 bits per heavy atom. The third-order valence-electron chi connectivity index (χ3n) is 6.70. The number of amides is 2. The van der Waals surface area contributed by atoms with Crippen molar-refractivity contribution in [3.8, 4) is 5.75 Å². The molecule has 4 rings (SSSR count). The van der Waals surface area contributed by atoms with Crippen LogP contribution in [0.5, 0.6) is 5.75 Å². The van der Waals surface area contributed by atoms with Gasteiger partial charge in [0.05, 0.1) is 12.3 Å². The topological polar surface area (TPSA) is 143 Å². The number of halogens is 3. The van der Waals surface area contributed by atoms with Crippen molar-refractivity contribution in [2.45, 2.75) is 38.1 Å². The average Bonchev–Trinajstić information content (AvgIpc) is 3.17. The molecule has 0 unspecified atom stereocenters. The van der Waals surface area contributed by atoms with Crippen LogP contribution < -0.4 is 21.1 Å². The van der Waals surface area contributed by atoms with Crippen LogP contribution in [0.2, 0.25) is 0 Å². The van der Waals surface area contributed by atoms with E-state index in [4.69, 9.17) is 5.73 Å². The van der Waals surface area contributed by atoms with Crippen molar-refractivity contribution in [1.29, 1.82) is 0 Å². The number of piperidine rings is 1. The lowest BCUT2D eigenvalue weighted by atomic mass is 9.89. The number of primary amides is 1. The standard InChI is InChI=1S/C25H28F3N5O5S/c1-16-13-19(30-15-21(29)34)6-5-17(16)7-12-39(36,37)33-10-8-24(9-11-33)23(35)31-22(32-24)18-3-2-4-20(14-18)38-25(26,27)28/h2-6,13-14,30H,7-12,15H2,1H3,(H2,29,34)(H,31,32,35). The summed E-state index contributed by atoms with van der Waals surface area (Å²) in [6.45, 7) is 2.00. The molecular formula is C25H28F3N5O5S. The summed E-state index contributed by atoms with van der Waals surface area (Å²) >= 11 is 0. The molecule has 10 nitrogen and oxygen atoms in total. The second kappa shape index (κ2) is 10.8. The molecule has 1 fully saturated rings. The molecule has 39 heavy (non-hydrogen) atoms. The van der Waals surface area contributed by atoms with E-state index in [2.05, 4.69) is 20.4 Å². The Balaban J connectivity index is 1.38. The summed E-state index contributed by atoms with van der Waals surface area (Å²) in [5.74, 6) is -1.36. The van der Waals surface area contributed by atoms with Crippen LogP contribution in [0.3, 0.4) is 0 Å². The van der Waals surface area contributed by atoms with Gasteiger partial charge in [-0.1, -0.05) is 18.2 Å². The van der Waals surface area contributed by atoms with E-state index in [0.29, 0.717) is 5.69 Å². The molecule has 0 atom stereocenters. The smallest absolute Gasteiger partial charge is 0.406 e. The first-order valence-electron chi connectivity index (χ1n) is 12.1. The number of rotatable bonds is 9. The van der Waals surface area contributed by atoms with E-state index in [-0.39, 0.29) is 56.0 Å². The van der Waals surface area contributed by atoms with Gasteiger partial charge >= 0.3 is 6.36 Å². The fourth-order valence-corrected chi connectivity index (χ4v) is 6.09. The molecule has 2 aliphatic rings. The average molecular weight is 568 g/mol. The van der Waals surface area contributed by atoms with Crippen LogP contribution in [0, 0.1) is 6.92 Å². The van der Waals surface area contributed by atoms with Crippen LogP contribution in [0.25, 0.3) is 0 Å². The Morgan fingerprint density at radius 1 is 1.21 bits per heavy atom. The van der Waals surface area contributed by atoms with Gasteiger partial charge in [0.1, 0.15) is 17.1 Å². The van der Waals surface area contributed by atoms with Gasteiger partial charge in [0, 0.05) is 24.3 Å². The lowest BCUT2D eigenvalue weighted by Gasteiger charge is -2.34. The van der Waals surface area contributed by atoms with Gasteiger partial charge in [-0.3, -0.25) is 14.6 Å². The molecule has 0 aromatic heterocycles. The van der Waals surface area contributed by atoms with E-state index in [1.165, 1.54) is 16.4 Å². The minimum Gasteiger partial charge on any atom is -0.406 e. The molecule has 2 aromatic carbocycles. The molecule has 0 saturated carbocycles. The van der Waals surface area contributed by atoms with Crippen LogP contribution >= 0.6 is 0 Å². The zero-order valence-corrected chi connectivity index (χ0v) is 21.9. The number of hydrogen-bond donors (Lipinski definition) is 3. The quantitative estimate of drug-likeness (QED) is 0.424. The number of ether oxygens (including phenoxy) is 1. The summed E-state index contributed by atoms with van der Waals surface area (Å²) in [5.41, 5.74) is 6.62. The predicted octanol–water partition coefficient (Wildman–Crippen LogP) is 2.07. The molecule has 0 aliphatic carbocycles. The number of sulfonamides is 1. The van der Waals surface area contributed by atoms with Crippen molar-refractivity contribution in [3.05, 3.63) is 59.2 Å². The molecule has 2 aromatic rings. The molecular weight excluding hydrogens is 539 g/mol. The second-order valence-corrected chi connectivity index (χ2v) is 11.5. The van der Waals surface area contributed by atoms with Crippen molar-refractivity contribution in [2.24, 2.45) is 10.7 Å². The van der Waals surface area contributed by atoms with Crippen LogP contribution in [0.15, 0.2) is 47.5 Å². The largest absolute Gasteiger partial charge is 0.573 e. The highest BCUT2D eigenvalue weighted by molar-refractivity contribution is 7.89. The van der Waals surface area contributed by atoms with Crippen molar-refractivity contribution >= 4 is 33.4 Å². The molecule has 2 aliphatic heterocycles. The maximum Gasteiger partial charge on any atom is 0.573 e. The van der Waals surface area contributed by atoms with Gasteiger partial charge in [-0.2, -0.15) is 0 Å². The van der Waals surface area contributed by atoms with Gasteiger partial charge in [-0.05, 0) is 61.6 Å². The van der Waals surface area contributed by atoms with Crippen molar-refractivity contribution in [3.63, 3.8) is 0 Å². The molecule has 0 radical (unpaired) electrons. The summed E-state index contributed by atoms with van der Waals surface area (Å²) in [6.07, 6.45) is -4.30. The van der Waals surface area contributed by atoms with Gasteiger partial charge in [0.2, 0.25) is 15.9 Å². The number of carbonyl (C=O) groups excluding carboxylic acids is 2. The number of anilines is 1. The molecule has 2 amide bonds. The normalized spacial score (nSPS) is 17.5. The minimum atomic E-state index is -4.86. The first-order chi connectivity index (χ1) is 18.3. The Morgan fingerprint density at radius 2 is 1.92 bits per heavy atom. The van der Waals surface area contributed by atoms with Crippen LogP contribution in [0.4, 0.5) is 18.9 Å². The Labute approximate surface area is 223 Å². The number of nitrogens with zero attached hydrogens (tertiary/aromatic N) is 2. The van der Waals surface area contributed by atoms with Gasteiger partial charge in [-0.15, -0.1) is 13.2 Å². The van der Waals surface area contributed by atoms with Gasteiger partial charge in [0.25, 0.3) is 5.91 Å². The van der Waals surface area contributed by atoms with E-state index < -0.39 is 39.5 Å². The first-order valence-corrected chi connectivity index (χ1v) is 13.7. The zero-order valence-electron chi connectivity index (χ0n) is 21.0. The van der Waals surface area contributed by atoms with Crippen LogP contribution in [-0.2, 0) is 26.0 Å². The molecule has 4 N–H and O–H groups in total. The lowest BCUT2D eigenvalue weighted by Crippen LogP contribution is -2.50. The first kappa shape index (κ1) is 28.4. The molecule has 1 spiro atoms. The van der Waals surface area contributed by atoms with Gasteiger partial charge in [0.15, 0.2) is 0 Å². The van der Waals surface area contributed by atoms with E-state index in [1.807, 2.05) is 13.0 Å². The molecule has 2 heterocycles. The minimum absolute atomic E-state index is 0.00790. The summed E-state index contributed by atoms with van der Waals surface area (Å²) in [5, 5.41) is 5.52. The molecule has 14 heteroatoms. The van der Waals surface area contributed by atoms with Crippen molar-refractivity contribution in [2.75, 3.05) is 30.7 Å². The Kier molecular flexibility index (Phi) is 7.89. The summed E-state index contributed by atoms with van der Waals surface area (Å²) in [6, 6.07) is 10.5. The zero-order chi connectivity index (χ0) is 28.4. The lowest BCUT2D eigenvalue weighted by molar-refractivity contribution is -0.274. The van der Waals surface area contributed by atoms with Crippen molar-refractivity contribution < 1.29 is 35.9 Å². The van der Waals surface area contributed by atoms with Crippen molar-refractivity contribution in [1.82, 2.24) is 9.62 Å². The van der Waals surface area contributed by atoms with Crippen LogP contribution in [0.1, 0.15) is 29.5 Å². The maximum atomic E-state index is 13.1. The van der Waals surface area contributed by atoms with Gasteiger partial charge < -0.3 is 21.1 Å². The number of aliphatic imine (C=N–C) groups is 1. The highest BCUT2D eigenvalue weighted by atomic mass is 32.2. The van der Waals surface area contributed by atoms with E-state index in [0.717, 1.165) is 23.3 Å². The third kappa shape index (κ3) is 6.87. The molecule has 210 valence electrons. The summed E-state index contributed by atoms with van der Waals surface area (Å²) < 4.78 is 69.1. The fourth-order valence-electron chi connectivity index (χ4n) is 4.61. The Hall–Kier alpha value is -3.65.